The van der Waals surface area contributed by atoms with Crippen molar-refractivity contribution < 1.29 is 44.4 Å². The Labute approximate surface area is 170 Å². The number of aromatic hydroxyl groups is 1. The summed E-state index contributed by atoms with van der Waals surface area (Å²) in [6.07, 6.45) is -1.69. The van der Waals surface area contributed by atoms with Gasteiger partial charge in [-0.05, 0) is 24.1 Å². The summed E-state index contributed by atoms with van der Waals surface area (Å²) in [6.45, 7) is 0. The molecule has 0 saturated carbocycles. The highest BCUT2D eigenvalue weighted by Gasteiger charge is 2.29. The molecule has 3 atom stereocenters. The van der Waals surface area contributed by atoms with E-state index < -0.39 is 60.7 Å². The number of hydrogen-bond acceptors (Lipinski definition) is 7. The molecule has 3 unspecified atom stereocenters. The van der Waals surface area contributed by atoms with Crippen LogP contribution >= 0.6 is 0 Å². The van der Waals surface area contributed by atoms with Crippen molar-refractivity contribution in [2.75, 3.05) is 0 Å². The van der Waals surface area contributed by atoms with E-state index in [1.807, 2.05) is 0 Å². The number of carbonyl (C=O) groups is 5. The molecule has 12 heteroatoms. The van der Waals surface area contributed by atoms with Crippen LogP contribution in [0.2, 0.25) is 0 Å². The van der Waals surface area contributed by atoms with Crippen LogP contribution in [0.1, 0.15) is 24.8 Å². The first-order valence-corrected chi connectivity index (χ1v) is 8.80. The zero-order chi connectivity index (χ0) is 22.8. The Morgan fingerprint density at radius 3 is 1.93 bits per heavy atom. The molecule has 0 bridgehead atoms. The topological polar surface area (TPSA) is 216 Å². The van der Waals surface area contributed by atoms with Gasteiger partial charge in [0.2, 0.25) is 11.8 Å². The number of nitrogens with two attached hydrogens (primary N) is 1. The Kier molecular flexibility index (Phi) is 9.23. The van der Waals surface area contributed by atoms with E-state index in [4.69, 9.17) is 15.9 Å². The third-order valence-electron chi connectivity index (χ3n) is 4.00. The molecule has 0 saturated heterocycles. The molecule has 2 amide bonds. The molecule has 12 nitrogen and oxygen atoms in total. The van der Waals surface area contributed by atoms with Crippen molar-refractivity contribution in [3.8, 4) is 5.75 Å². The number of phenols is 1. The number of hydrogen-bond donors (Lipinski definition) is 7. The number of amides is 2. The fraction of sp³-hybridized carbons (Fsp3) is 0.389. The van der Waals surface area contributed by atoms with Gasteiger partial charge in [-0.15, -0.1) is 0 Å². The Balaban J connectivity index is 2.98. The maximum absolute atomic E-state index is 12.6. The lowest BCUT2D eigenvalue weighted by atomic mass is 10.0. The predicted octanol–water partition coefficient (Wildman–Crippen LogP) is -1.34. The van der Waals surface area contributed by atoms with Crippen molar-refractivity contribution in [1.29, 1.82) is 0 Å². The number of nitrogens with one attached hydrogen (secondary N) is 2. The zero-order valence-electron chi connectivity index (χ0n) is 15.8. The van der Waals surface area contributed by atoms with E-state index in [1.54, 1.807) is 0 Å². The maximum atomic E-state index is 12.6. The van der Waals surface area contributed by atoms with Crippen molar-refractivity contribution in [2.24, 2.45) is 5.73 Å². The van der Waals surface area contributed by atoms with E-state index in [2.05, 4.69) is 10.6 Å². The average Bonchev–Trinajstić information content (AvgIpc) is 2.64. The summed E-state index contributed by atoms with van der Waals surface area (Å²) in [5.41, 5.74) is 5.99. The SMILES string of the molecule is NC(CC(=O)O)C(=O)NC(Cc1ccc(O)cc1)C(=O)NC(CCC(=O)O)C(=O)O. The molecule has 0 spiro atoms. The standard InChI is InChI=1S/C18H23N3O9/c19-11(8-15(25)26)16(27)21-13(7-9-1-3-10(22)4-2-9)17(28)20-12(18(29)30)5-6-14(23)24/h1-4,11-13,22H,5-8,19H2,(H,20,28)(H,21,27)(H,23,24)(H,25,26)(H,29,30). The Morgan fingerprint density at radius 1 is 0.867 bits per heavy atom. The number of carboxylic acid groups (broad SMARTS) is 3. The number of phenolic OH excluding ortho intramolecular Hbond substituents is 1. The quantitative estimate of drug-likeness (QED) is 0.209. The second kappa shape index (κ2) is 11.4. The van der Waals surface area contributed by atoms with Gasteiger partial charge in [-0.25, -0.2) is 4.79 Å². The minimum atomic E-state index is -1.51. The van der Waals surface area contributed by atoms with Crippen molar-refractivity contribution in [2.45, 2.75) is 43.8 Å². The Bertz CT molecular complexity index is 795. The van der Waals surface area contributed by atoms with Crippen LogP contribution < -0.4 is 16.4 Å². The molecule has 8 N–H and O–H groups in total. The lowest BCUT2D eigenvalue weighted by Gasteiger charge is -2.22. The molecule has 164 valence electrons. The molecular weight excluding hydrogens is 402 g/mol. The van der Waals surface area contributed by atoms with Gasteiger partial charge in [0.15, 0.2) is 0 Å². The molecular formula is C18H23N3O9. The van der Waals surface area contributed by atoms with Gasteiger partial charge in [0.05, 0.1) is 12.5 Å². The molecule has 1 aromatic carbocycles. The Morgan fingerprint density at radius 2 is 1.43 bits per heavy atom. The molecule has 0 aromatic heterocycles. The van der Waals surface area contributed by atoms with Gasteiger partial charge in [-0.3, -0.25) is 19.2 Å². The van der Waals surface area contributed by atoms with E-state index in [1.165, 1.54) is 24.3 Å². The number of rotatable bonds is 12. The molecule has 0 radical (unpaired) electrons. The summed E-state index contributed by atoms with van der Waals surface area (Å²) in [4.78, 5) is 57.5. The highest BCUT2D eigenvalue weighted by molar-refractivity contribution is 5.93. The van der Waals surface area contributed by atoms with Crippen molar-refractivity contribution in [3.05, 3.63) is 29.8 Å². The van der Waals surface area contributed by atoms with Gasteiger partial charge in [0.25, 0.3) is 0 Å². The fourth-order valence-electron chi connectivity index (χ4n) is 2.43. The fourth-order valence-corrected chi connectivity index (χ4v) is 2.43. The van der Waals surface area contributed by atoms with Crippen LogP contribution in [0.5, 0.6) is 5.75 Å². The van der Waals surface area contributed by atoms with Crippen molar-refractivity contribution in [1.82, 2.24) is 10.6 Å². The minimum Gasteiger partial charge on any atom is -0.508 e. The highest BCUT2D eigenvalue weighted by atomic mass is 16.4. The van der Waals surface area contributed by atoms with Crippen LogP contribution in [0.25, 0.3) is 0 Å². The van der Waals surface area contributed by atoms with Crippen molar-refractivity contribution in [3.63, 3.8) is 0 Å². The lowest BCUT2D eigenvalue weighted by Crippen LogP contribution is -2.55. The van der Waals surface area contributed by atoms with E-state index in [-0.39, 0.29) is 18.6 Å². The van der Waals surface area contributed by atoms with Crippen LogP contribution in [0, 0.1) is 0 Å². The van der Waals surface area contributed by atoms with Gasteiger partial charge in [-0.2, -0.15) is 0 Å². The smallest absolute Gasteiger partial charge is 0.326 e. The molecule has 0 aliphatic carbocycles. The maximum Gasteiger partial charge on any atom is 0.326 e. The van der Waals surface area contributed by atoms with Gasteiger partial charge >= 0.3 is 17.9 Å². The molecule has 0 fully saturated rings. The highest BCUT2D eigenvalue weighted by Crippen LogP contribution is 2.12. The van der Waals surface area contributed by atoms with Crippen LogP contribution in [0.4, 0.5) is 0 Å². The summed E-state index contributed by atoms with van der Waals surface area (Å²) in [5, 5.41) is 40.5. The second-order valence-corrected chi connectivity index (χ2v) is 6.47. The average molecular weight is 425 g/mol. The lowest BCUT2D eigenvalue weighted by molar-refractivity contribution is -0.143. The number of aliphatic carboxylic acids is 3. The summed E-state index contributed by atoms with van der Waals surface area (Å²) < 4.78 is 0. The summed E-state index contributed by atoms with van der Waals surface area (Å²) in [6, 6.07) is 1.34. The minimum absolute atomic E-state index is 0.0353. The first-order chi connectivity index (χ1) is 14.0. The van der Waals surface area contributed by atoms with Gasteiger partial charge in [-0.1, -0.05) is 12.1 Å². The van der Waals surface area contributed by atoms with E-state index >= 15 is 0 Å². The number of carboxylic acids is 3. The molecule has 0 aliphatic heterocycles. The molecule has 0 aliphatic rings. The number of carbonyl (C=O) groups excluding carboxylic acids is 2. The van der Waals surface area contributed by atoms with Crippen LogP contribution in [0.3, 0.4) is 0 Å². The molecule has 0 heterocycles. The van der Waals surface area contributed by atoms with E-state index in [0.29, 0.717) is 5.56 Å². The van der Waals surface area contributed by atoms with Crippen LogP contribution in [-0.4, -0.2) is 68.3 Å². The third-order valence-corrected chi connectivity index (χ3v) is 4.00. The Hall–Kier alpha value is -3.67. The van der Waals surface area contributed by atoms with Gasteiger partial charge in [0.1, 0.15) is 17.8 Å². The summed E-state index contributed by atoms with van der Waals surface area (Å²) in [5.74, 6) is -5.92. The first kappa shape index (κ1) is 24.4. The zero-order valence-corrected chi connectivity index (χ0v) is 15.8. The molecule has 1 aromatic rings. The van der Waals surface area contributed by atoms with Crippen molar-refractivity contribution >= 4 is 29.7 Å². The van der Waals surface area contributed by atoms with Crippen LogP contribution in [0.15, 0.2) is 24.3 Å². The predicted molar refractivity (Wildman–Crippen MR) is 100 cm³/mol. The van der Waals surface area contributed by atoms with Crippen LogP contribution in [-0.2, 0) is 30.4 Å². The van der Waals surface area contributed by atoms with E-state index in [0.717, 1.165) is 0 Å². The van der Waals surface area contributed by atoms with Gasteiger partial charge < -0.3 is 36.8 Å². The third kappa shape index (κ3) is 8.56. The number of benzene rings is 1. The van der Waals surface area contributed by atoms with Gasteiger partial charge in [0, 0.05) is 12.8 Å². The summed E-state index contributed by atoms with van der Waals surface area (Å²) >= 11 is 0. The molecule has 1 rings (SSSR count). The van der Waals surface area contributed by atoms with E-state index in [9.17, 15) is 34.2 Å². The largest absolute Gasteiger partial charge is 0.508 e. The first-order valence-electron chi connectivity index (χ1n) is 8.80. The monoisotopic (exact) mass is 425 g/mol. The second-order valence-electron chi connectivity index (χ2n) is 6.47. The molecule has 30 heavy (non-hydrogen) atoms. The summed E-state index contributed by atoms with van der Waals surface area (Å²) in [7, 11) is 0. The normalized spacial score (nSPS) is 13.5.